The second kappa shape index (κ2) is 8.99. The number of halogens is 4. The second-order valence-electron chi connectivity index (χ2n) is 8.87. The van der Waals surface area contributed by atoms with E-state index in [2.05, 4.69) is 15.4 Å². The van der Waals surface area contributed by atoms with Gasteiger partial charge in [0.2, 0.25) is 0 Å². The van der Waals surface area contributed by atoms with Gasteiger partial charge < -0.3 is 20.2 Å². The van der Waals surface area contributed by atoms with Crippen LogP contribution in [0.1, 0.15) is 42.9 Å². The maximum absolute atomic E-state index is 14.0. The average molecular weight is 492 g/mol. The van der Waals surface area contributed by atoms with E-state index in [9.17, 15) is 27.5 Å². The van der Waals surface area contributed by atoms with E-state index in [-0.39, 0.29) is 18.1 Å². The molecule has 3 aromatic rings. The predicted octanol–water partition coefficient (Wildman–Crippen LogP) is 4.22. The summed E-state index contributed by atoms with van der Waals surface area (Å²) >= 11 is 0. The molecule has 8 nitrogen and oxygen atoms in total. The van der Waals surface area contributed by atoms with Crippen molar-refractivity contribution < 1.29 is 27.5 Å². The van der Waals surface area contributed by atoms with E-state index < -0.39 is 29.7 Å². The number of aliphatic hydroxyl groups is 1. The van der Waals surface area contributed by atoms with Gasteiger partial charge in [0.1, 0.15) is 17.3 Å². The molecule has 1 unspecified atom stereocenters. The summed E-state index contributed by atoms with van der Waals surface area (Å²) in [7, 11) is 0. The van der Waals surface area contributed by atoms with Crippen LogP contribution in [0.5, 0.6) is 0 Å². The summed E-state index contributed by atoms with van der Waals surface area (Å²) in [5, 5.41) is 16.8. The van der Waals surface area contributed by atoms with Crippen LogP contribution in [0, 0.1) is 5.82 Å². The minimum absolute atomic E-state index is 0.123. The van der Waals surface area contributed by atoms with Crippen LogP contribution in [-0.4, -0.2) is 56.4 Å². The van der Waals surface area contributed by atoms with Crippen LogP contribution in [0.4, 0.5) is 33.9 Å². The lowest BCUT2D eigenvalue weighted by Gasteiger charge is -2.30. The molecule has 4 heterocycles. The van der Waals surface area contributed by atoms with Crippen molar-refractivity contribution in [2.75, 3.05) is 29.9 Å². The molecule has 2 aromatic heterocycles. The van der Waals surface area contributed by atoms with Crippen molar-refractivity contribution >= 4 is 23.2 Å². The minimum Gasteiger partial charge on any atom is -0.391 e. The van der Waals surface area contributed by atoms with Gasteiger partial charge in [-0.05, 0) is 55.5 Å². The van der Waals surface area contributed by atoms with E-state index in [1.807, 2.05) is 0 Å². The summed E-state index contributed by atoms with van der Waals surface area (Å²) in [5.74, 6) is -0.325. The normalized spacial score (nSPS) is 21.1. The van der Waals surface area contributed by atoms with Gasteiger partial charge in [0.15, 0.2) is 5.65 Å². The van der Waals surface area contributed by atoms with Crippen LogP contribution in [0.15, 0.2) is 36.7 Å². The number of aromatic nitrogens is 3. The van der Waals surface area contributed by atoms with Crippen molar-refractivity contribution in [1.29, 1.82) is 0 Å². The van der Waals surface area contributed by atoms with Gasteiger partial charge in [0, 0.05) is 25.8 Å². The molecule has 0 bridgehead atoms. The molecule has 2 saturated heterocycles. The molecule has 0 aliphatic carbocycles. The lowest BCUT2D eigenvalue weighted by atomic mass is 9.97. The summed E-state index contributed by atoms with van der Waals surface area (Å²) in [6.07, 6.45) is 0.250. The first-order chi connectivity index (χ1) is 16.7. The highest BCUT2D eigenvalue weighted by Gasteiger charge is 2.38. The molecular formula is C23H24F4N6O2. The fraction of sp³-hybridized carbons (Fsp3) is 0.435. The number of aliphatic hydroxyl groups excluding tert-OH is 1. The van der Waals surface area contributed by atoms with Gasteiger partial charge in [-0.15, -0.1) is 0 Å². The lowest BCUT2D eigenvalue weighted by Crippen LogP contribution is -2.44. The Morgan fingerprint density at radius 1 is 1.14 bits per heavy atom. The quantitative estimate of drug-likeness (QED) is 0.535. The molecule has 2 aliphatic heterocycles. The third-order valence-electron chi connectivity index (χ3n) is 6.50. The van der Waals surface area contributed by atoms with Gasteiger partial charge in [-0.1, -0.05) is 0 Å². The van der Waals surface area contributed by atoms with E-state index in [0.717, 1.165) is 18.2 Å². The molecule has 5 rings (SSSR count). The van der Waals surface area contributed by atoms with Crippen LogP contribution >= 0.6 is 0 Å². The molecule has 35 heavy (non-hydrogen) atoms. The number of fused-ring (bicyclic) bond motifs is 1. The van der Waals surface area contributed by atoms with Crippen LogP contribution in [0.2, 0.25) is 0 Å². The number of carbonyl (C=O) groups is 1. The number of likely N-dealkylation sites (tertiary alicyclic amines) is 1. The Bertz CT molecular complexity index is 1250. The SMILES string of the molecule is O=C(Nc1cnn2ccc(N3CCC[C@@H]3c3cc(F)ccc3C(F)(F)F)nc12)N1CCCC(O)C1. The summed E-state index contributed by atoms with van der Waals surface area (Å²) in [6, 6.07) is 3.09. The Labute approximate surface area is 198 Å². The maximum Gasteiger partial charge on any atom is 0.416 e. The third-order valence-corrected chi connectivity index (χ3v) is 6.50. The van der Waals surface area contributed by atoms with Gasteiger partial charge in [-0.25, -0.2) is 18.7 Å². The number of carbonyl (C=O) groups excluding carboxylic acids is 1. The molecule has 186 valence electrons. The van der Waals surface area contributed by atoms with Gasteiger partial charge in [0.05, 0.1) is 23.9 Å². The Balaban J connectivity index is 1.45. The number of amides is 2. The molecule has 2 atom stereocenters. The molecule has 2 amide bonds. The van der Waals surface area contributed by atoms with Crippen molar-refractivity contribution in [3.63, 3.8) is 0 Å². The smallest absolute Gasteiger partial charge is 0.391 e. The number of hydrogen-bond donors (Lipinski definition) is 2. The Morgan fingerprint density at radius 2 is 1.94 bits per heavy atom. The number of hydrogen-bond acceptors (Lipinski definition) is 5. The second-order valence-corrected chi connectivity index (χ2v) is 8.87. The highest BCUT2D eigenvalue weighted by molar-refractivity contribution is 5.93. The molecule has 0 saturated carbocycles. The van der Waals surface area contributed by atoms with Crippen LogP contribution in [0.3, 0.4) is 0 Å². The summed E-state index contributed by atoms with van der Waals surface area (Å²) in [6.45, 7) is 1.20. The summed E-state index contributed by atoms with van der Waals surface area (Å²) < 4.78 is 56.4. The van der Waals surface area contributed by atoms with Crippen molar-refractivity contribution in [2.45, 2.75) is 44.0 Å². The van der Waals surface area contributed by atoms with Gasteiger partial charge in [-0.3, -0.25) is 0 Å². The maximum atomic E-state index is 14.0. The molecular weight excluding hydrogens is 468 g/mol. The van der Waals surface area contributed by atoms with Crippen molar-refractivity contribution in [3.8, 4) is 0 Å². The van der Waals surface area contributed by atoms with Crippen LogP contribution in [-0.2, 0) is 6.18 Å². The van der Waals surface area contributed by atoms with E-state index >= 15 is 0 Å². The van der Waals surface area contributed by atoms with Gasteiger partial charge in [-0.2, -0.15) is 18.3 Å². The third kappa shape index (κ3) is 4.62. The summed E-state index contributed by atoms with van der Waals surface area (Å²) in [5.41, 5.74) is -0.316. The number of benzene rings is 1. The number of nitrogens with zero attached hydrogens (tertiary/aromatic N) is 5. The Morgan fingerprint density at radius 3 is 2.71 bits per heavy atom. The van der Waals surface area contributed by atoms with Crippen LogP contribution in [0.25, 0.3) is 5.65 Å². The number of urea groups is 1. The molecule has 2 fully saturated rings. The van der Waals surface area contributed by atoms with Gasteiger partial charge in [0.25, 0.3) is 0 Å². The Hall–Kier alpha value is -3.41. The minimum atomic E-state index is -4.61. The van der Waals surface area contributed by atoms with E-state index in [1.165, 1.54) is 15.6 Å². The average Bonchev–Trinajstić information content (AvgIpc) is 3.45. The van der Waals surface area contributed by atoms with Gasteiger partial charge >= 0.3 is 12.2 Å². The monoisotopic (exact) mass is 492 g/mol. The standard InChI is InChI=1S/C23H24F4N6O2/c24-14-5-6-17(23(25,26)27)16(11-14)19-4-2-9-32(19)20-7-10-33-21(30-20)18(12-28-33)29-22(35)31-8-1-3-15(34)13-31/h5-7,10-12,15,19,34H,1-4,8-9,13H2,(H,29,35)/t15?,19-/m1/s1. The number of anilines is 2. The highest BCUT2D eigenvalue weighted by Crippen LogP contribution is 2.42. The molecule has 0 radical (unpaired) electrons. The first-order valence-electron chi connectivity index (χ1n) is 11.4. The van der Waals surface area contributed by atoms with E-state index in [0.29, 0.717) is 55.9 Å². The van der Waals surface area contributed by atoms with Crippen molar-refractivity contribution in [2.24, 2.45) is 0 Å². The predicted molar refractivity (Wildman–Crippen MR) is 120 cm³/mol. The Kier molecular flexibility index (Phi) is 5.99. The summed E-state index contributed by atoms with van der Waals surface area (Å²) in [4.78, 5) is 20.5. The topological polar surface area (TPSA) is 86.0 Å². The lowest BCUT2D eigenvalue weighted by molar-refractivity contribution is -0.138. The molecule has 12 heteroatoms. The highest BCUT2D eigenvalue weighted by atomic mass is 19.4. The number of piperidine rings is 1. The zero-order chi connectivity index (χ0) is 24.7. The first-order valence-corrected chi connectivity index (χ1v) is 11.4. The zero-order valence-corrected chi connectivity index (χ0v) is 18.7. The molecule has 2 aliphatic rings. The fourth-order valence-corrected chi connectivity index (χ4v) is 4.87. The van der Waals surface area contributed by atoms with Crippen molar-refractivity contribution in [1.82, 2.24) is 19.5 Å². The molecule has 2 N–H and O–H groups in total. The van der Waals surface area contributed by atoms with Crippen molar-refractivity contribution in [3.05, 3.63) is 53.6 Å². The fourth-order valence-electron chi connectivity index (χ4n) is 4.87. The number of nitrogens with one attached hydrogen (secondary N) is 1. The van der Waals surface area contributed by atoms with Crippen LogP contribution < -0.4 is 10.2 Å². The number of β-amino-alcohol motifs (C(OH)–C–C–N with tert-alkyl or cyclic N) is 1. The largest absolute Gasteiger partial charge is 0.416 e. The molecule has 0 spiro atoms. The number of rotatable bonds is 3. The van der Waals surface area contributed by atoms with E-state index in [4.69, 9.17) is 0 Å². The van der Waals surface area contributed by atoms with E-state index in [1.54, 1.807) is 17.2 Å². The first kappa shape index (κ1) is 23.3. The number of alkyl halides is 3. The zero-order valence-electron chi connectivity index (χ0n) is 18.7. The molecule has 1 aromatic carbocycles.